The standard InChI is InChI=1S/C16H18O4/c1-13-7-8-15(20-13)16(18-9-10-19-16)12-17-11-14-5-3-2-4-6-14/h2-8H,9-12H2,1H3. The minimum atomic E-state index is -0.900. The van der Waals surface area contributed by atoms with Gasteiger partial charge in [0.1, 0.15) is 12.4 Å². The van der Waals surface area contributed by atoms with E-state index in [2.05, 4.69) is 0 Å². The van der Waals surface area contributed by atoms with Crippen molar-refractivity contribution in [3.05, 3.63) is 59.5 Å². The molecule has 0 saturated carbocycles. The maximum Gasteiger partial charge on any atom is 0.252 e. The number of rotatable bonds is 5. The lowest BCUT2D eigenvalue weighted by molar-refractivity contribution is -0.215. The van der Waals surface area contributed by atoms with Crippen LogP contribution in [0.15, 0.2) is 46.9 Å². The van der Waals surface area contributed by atoms with Crippen LogP contribution in [-0.2, 0) is 26.6 Å². The van der Waals surface area contributed by atoms with Crippen LogP contribution >= 0.6 is 0 Å². The fraction of sp³-hybridized carbons (Fsp3) is 0.375. The Morgan fingerprint density at radius 3 is 2.45 bits per heavy atom. The molecule has 1 saturated heterocycles. The summed E-state index contributed by atoms with van der Waals surface area (Å²) in [6.45, 7) is 3.84. The second kappa shape index (κ2) is 5.79. The SMILES string of the molecule is Cc1ccc(C2(COCc3ccccc3)OCCO2)o1. The monoisotopic (exact) mass is 274 g/mol. The summed E-state index contributed by atoms with van der Waals surface area (Å²) in [7, 11) is 0. The number of ether oxygens (including phenoxy) is 3. The lowest BCUT2D eigenvalue weighted by Gasteiger charge is -2.24. The summed E-state index contributed by atoms with van der Waals surface area (Å²) in [6.07, 6.45) is 0. The molecule has 0 N–H and O–H groups in total. The van der Waals surface area contributed by atoms with E-state index in [4.69, 9.17) is 18.6 Å². The molecule has 0 radical (unpaired) electrons. The quantitative estimate of drug-likeness (QED) is 0.840. The van der Waals surface area contributed by atoms with Crippen molar-refractivity contribution in [3.63, 3.8) is 0 Å². The molecule has 1 aliphatic heterocycles. The molecule has 3 rings (SSSR count). The second-order valence-corrected chi connectivity index (χ2v) is 4.84. The molecule has 0 unspecified atom stereocenters. The van der Waals surface area contributed by atoms with Gasteiger partial charge >= 0.3 is 0 Å². The van der Waals surface area contributed by atoms with E-state index >= 15 is 0 Å². The summed E-state index contributed by atoms with van der Waals surface area (Å²) in [5.74, 6) is 0.602. The summed E-state index contributed by atoms with van der Waals surface area (Å²) in [6, 6.07) is 13.8. The summed E-state index contributed by atoms with van der Waals surface area (Å²) < 4.78 is 22.9. The molecule has 0 bridgehead atoms. The summed E-state index contributed by atoms with van der Waals surface area (Å²) in [5.41, 5.74) is 1.12. The van der Waals surface area contributed by atoms with E-state index in [0.717, 1.165) is 11.3 Å². The average Bonchev–Trinajstić information content (AvgIpc) is 3.10. The van der Waals surface area contributed by atoms with Gasteiger partial charge < -0.3 is 18.6 Å². The smallest absolute Gasteiger partial charge is 0.252 e. The third-order valence-electron chi connectivity index (χ3n) is 3.27. The van der Waals surface area contributed by atoms with Crippen molar-refractivity contribution in [3.8, 4) is 0 Å². The second-order valence-electron chi connectivity index (χ2n) is 4.84. The van der Waals surface area contributed by atoms with Gasteiger partial charge in [0.15, 0.2) is 5.76 Å². The van der Waals surface area contributed by atoms with Crippen LogP contribution in [0.2, 0.25) is 0 Å². The summed E-state index contributed by atoms with van der Waals surface area (Å²) in [5, 5.41) is 0. The fourth-order valence-electron chi connectivity index (χ4n) is 2.27. The van der Waals surface area contributed by atoms with Crippen LogP contribution < -0.4 is 0 Å². The number of hydrogen-bond acceptors (Lipinski definition) is 4. The van der Waals surface area contributed by atoms with E-state index < -0.39 is 5.79 Å². The van der Waals surface area contributed by atoms with Gasteiger partial charge in [-0.15, -0.1) is 0 Å². The molecule has 1 aromatic carbocycles. The zero-order chi connectivity index (χ0) is 13.8. The third-order valence-corrected chi connectivity index (χ3v) is 3.27. The molecule has 0 aliphatic carbocycles. The molecule has 2 heterocycles. The van der Waals surface area contributed by atoms with Crippen molar-refractivity contribution in [2.24, 2.45) is 0 Å². The van der Waals surface area contributed by atoms with Gasteiger partial charge in [0.05, 0.1) is 19.8 Å². The highest BCUT2D eigenvalue weighted by molar-refractivity contribution is 5.14. The van der Waals surface area contributed by atoms with Crippen molar-refractivity contribution in [2.45, 2.75) is 19.3 Å². The van der Waals surface area contributed by atoms with Crippen molar-refractivity contribution >= 4 is 0 Å². The summed E-state index contributed by atoms with van der Waals surface area (Å²) >= 11 is 0. The van der Waals surface area contributed by atoms with Crippen LogP contribution in [0.3, 0.4) is 0 Å². The van der Waals surface area contributed by atoms with Crippen molar-refractivity contribution < 1.29 is 18.6 Å². The van der Waals surface area contributed by atoms with Gasteiger partial charge in [0.2, 0.25) is 0 Å². The molecule has 4 nitrogen and oxygen atoms in total. The Morgan fingerprint density at radius 2 is 1.80 bits per heavy atom. The largest absolute Gasteiger partial charge is 0.461 e. The Labute approximate surface area is 118 Å². The predicted octanol–water partition coefficient (Wildman–Crippen LogP) is 3.00. The molecule has 1 aromatic heterocycles. The van der Waals surface area contributed by atoms with Crippen molar-refractivity contribution in [1.29, 1.82) is 0 Å². The number of aryl methyl sites for hydroxylation is 1. The van der Waals surface area contributed by atoms with Gasteiger partial charge in [-0.1, -0.05) is 30.3 Å². The lowest BCUT2D eigenvalue weighted by Crippen LogP contribution is -2.32. The van der Waals surface area contributed by atoms with Crippen LogP contribution in [0.1, 0.15) is 17.1 Å². The molecule has 1 aliphatic rings. The summed E-state index contributed by atoms with van der Waals surface area (Å²) in [4.78, 5) is 0. The van der Waals surface area contributed by atoms with Gasteiger partial charge in [0.25, 0.3) is 5.79 Å². The van der Waals surface area contributed by atoms with Gasteiger partial charge in [-0.3, -0.25) is 0 Å². The molecule has 106 valence electrons. The maximum atomic E-state index is 5.76. The van der Waals surface area contributed by atoms with E-state index in [1.165, 1.54) is 0 Å². The zero-order valence-corrected chi connectivity index (χ0v) is 11.5. The number of furan rings is 1. The molecule has 20 heavy (non-hydrogen) atoms. The molecule has 2 aromatic rings. The van der Waals surface area contributed by atoms with Crippen LogP contribution in [0, 0.1) is 6.92 Å². The highest BCUT2D eigenvalue weighted by atomic mass is 16.8. The fourth-order valence-corrected chi connectivity index (χ4v) is 2.27. The highest BCUT2D eigenvalue weighted by Gasteiger charge is 2.42. The van der Waals surface area contributed by atoms with E-state index in [1.807, 2.05) is 49.4 Å². The number of benzene rings is 1. The van der Waals surface area contributed by atoms with E-state index in [-0.39, 0.29) is 0 Å². The molecule has 1 fully saturated rings. The predicted molar refractivity (Wildman–Crippen MR) is 73.1 cm³/mol. The third kappa shape index (κ3) is 2.77. The Kier molecular flexibility index (Phi) is 3.87. The van der Waals surface area contributed by atoms with Crippen molar-refractivity contribution in [1.82, 2.24) is 0 Å². The molecular formula is C16H18O4. The van der Waals surface area contributed by atoms with Crippen LogP contribution in [0.4, 0.5) is 0 Å². The van der Waals surface area contributed by atoms with E-state index in [0.29, 0.717) is 32.2 Å². The zero-order valence-electron chi connectivity index (χ0n) is 11.5. The van der Waals surface area contributed by atoms with Crippen LogP contribution in [0.5, 0.6) is 0 Å². The first-order chi connectivity index (χ1) is 9.78. The Balaban J connectivity index is 1.66. The van der Waals surface area contributed by atoms with Gasteiger partial charge in [-0.05, 0) is 24.6 Å². The molecule has 0 atom stereocenters. The van der Waals surface area contributed by atoms with E-state index in [1.54, 1.807) is 0 Å². The molecule has 4 heteroatoms. The molecule has 0 amide bonds. The average molecular weight is 274 g/mol. The highest BCUT2D eigenvalue weighted by Crippen LogP contribution is 2.33. The van der Waals surface area contributed by atoms with Crippen LogP contribution in [-0.4, -0.2) is 19.8 Å². The Bertz CT molecular complexity index is 541. The minimum absolute atomic E-state index is 0.314. The first-order valence-electron chi connectivity index (χ1n) is 6.75. The topological polar surface area (TPSA) is 40.8 Å². The normalized spacial score (nSPS) is 17.4. The maximum absolute atomic E-state index is 5.76. The van der Waals surface area contributed by atoms with Crippen LogP contribution in [0.25, 0.3) is 0 Å². The first kappa shape index (κ1) is 13.4. The van der Waals surface area contributed by atoms with Gasteiger partial charge in [0, 0.05) is 0 Å². The Morgan fingerprint density at radius 1 is 1.05 bits per heavy atom. The van der Waals surface area contributed by atoms with Crippen molar-refractivity contribution in [2.75, 3.05) is 19.8 Å². The molecule has 0 spiro atoms. The number of hydrogen-bond donors (Lipinski definition) is 0. The molecular weight excluding hydrogens is 256 g/mol. The minimum Gasteiger partial charge on any atom is -0.461 e. The first-order valence-corrected chi connectivity index (χ1v) is 6.75. The Hall–Kier alpha value is -1.62. The lowest BCUT2D eigenvalue weighted by atomic mass is 10.2. The van der Waals surface area contributed by atoms with E-state index in [9.17, 15) is 0 Å². The van der Waals surface area contributed by atoms with Gasteiger partial charge in [-0.2, -0.15) is 0 Å². The van der Waals surface area contributed by atoms with Gasteiger partial charge in [-0.25, -0.2) is 0 Å².